The van der Waals surface area contributed by atoms with Crippen molar-refractivity contribution in [3.8, 4) is 23.7 Å². The Morgan fingerprint density at radius 2 is 0.768 bits per heavy atom. The van der Waals surface area contributed by atoms with Crippen molar-refractivity contribution < 1.29 is 0 Å². The molecule has 5 aromatic rings. The Bertz CT molecular complexity index is 1960. The molecule has 0 bridgehead atoms. The third-order valence-electron chi connectivity index (χ3n) is 9.83. The number of rotatable bonds is 18. The van der Waals surface area contributed by atoms with Gasteiger partial charge in [0, 0.05) is 84.6 Å². The van der Waals surface area contributed by atoms with Crippen LogP contribution in [-0.2, 0) is 0 Å². The SMILES string of the molecule is CCCCN(CCCC)c1ccccc1/C=C/c1cc(C#Cc2ccncc2)c(/C=C/c2ccccc2N(CCCC)CCCC)cc1C#Cc1ccncc1. The lowest BCUT2D eigenvalue weighted by atomic mass is 9.96. The summed E-state index contributed by atoms with van der Waals surface area (Å²) in [5, 5.41) is 0. The zero-order valence-corrected chi connectivity index (χ0v) is 34.0. The van der Waals surface area contributed by atoms with Crippen LogP contribution in [0.3, 0.4) is 0 Å². The minimum absolute atomic E-state index is 0.926. The fraction of sp³-hybridized carbons (Fsp3) is 0.308. The molecule has 0 radical (unpaired) electrons. The van der Waals surface area contributed by atoms with Crippen LogP contribution in [0.4, 0.5) is 11.4 Å². The van der Waals surface area contributed by atoms with Crippen molar-refractivity contribution in [2.75, 3.05) is 36.0 Å². The predicted molar refractivity (Wildman–Crippen MR) is 242 cm³/mol. The van der Waals surface area contributed by atoms with Crippen LogP contribution < -0.4 is 9.80 Å². The van der Waals surface area contributed by atoms with Crippen molar-refractivity contribution >= 4 is 35.7 Å². The van der Waals surface area contributed by atoms with Gasteiger partial charge in [-0.15, -0.1) is 0 Å². The van der Waals surface area contributed by atoms with E-state index in [0.717, 1.165) is 59.6 Å². The second-order valence-corrected chi connectivity index (χ2v) is 14.2. The Hall–Kier alpha value is -5.84. The lowest BCUT2D eigenvalue weighted by Gasteiger charge is -2.26. The third-order valence-corrected chi connectivity index (χ3v) is 9.83. The summed E-state index contributed by atoms with van der Waals surface area (Å²) in [6.45, 7) is 13.3. The lowest BCUT2D eigenvalue weighted by Crippen LogP contribution is -2.26. The van der Waals surface area contributed by atoms with Gasteiger partial charge in [-0.2, -0.15) is 0 Å². The molecule has 0 aliphatic carbocycles. The number of hydrogen-bond acceptors (Lipinski definition) is 4. The fourth-order valence-electron chi connectivity index (χ4n) is 6.57. The number of nitrogens with zero attached hydrogens (tertiary/aromatic N) is 4. The summed E-state index contributed by atoms with van der Waals surface area (Å²) in [5.74, 6) is 13.9. The van der Waals surface area contributed by atoms with E-state index >= 15 is 0 Å². The van der Waals surface area contributed by atoms with Gasteiger partial charge in [0.2, 0.25) is 0 Å². The van der Waals surface area contributed by atoms with E-state index < -0.39 is 0 Å². The van der Waals surface area contributed by atoms with Crippen molar-refractivity contribution in [3.63, 3.8) is 0 Å². The van der Waals surface area contributed by atoms with Gasteiger partial charge in [0.1, 0.15) is 0 Å². The number of para-hydroxylation sites is 2. The first kappa shape index (κ1) is 41.3. The standard InChI is InChI=1S/C52H58N4/c1-5-9-37-55(38-10-6-2)51-19-15-13-17-45(51)25-27-49-41-48(24-22-44-31-35-54-36-32-44)50(42-47(49)23-21-43-29-33-53-34-30-43)28-26-46-18-14-16-20-52(46)56(39-11-7-3)40-12-8-4/h13-20,25-36,41-42H,5-12,37-40H2,1-4H3/b27-25+,28-26+. The third kappa shape index (κ3) is 12.6. The maximum atomic E-state index is 4.20. The fourth-order valence-corrected chi connectivity index (χ4v) is 6.57. The summed E-state index contributed by atoms with van der Waals surface area (Å²) < 4.78 is 0. The highest BCUT2D eigenvalue weighted by Gasteiger charge is 2.12. The van der Waals surface area contributed by atoms with Crippen molar-refractivity contribution in [2.45, 2.75) is 79.1 Å². The molecular weight excluding hydrogens is 681 g/mol. The summed E-state index contributed by atoms with van der Waals surface area (Å²) in [4.78, 5) is 13.5. The van der Waals surface area contributed by atoms with Gasteiger partial charge in [-0.25, -0.2) is 0 Å². The molecule has 286 valence electrons. The first-order valence-corrected chi connectivity index (χ1v) is 20.7. The van der Waals surface area contributed by atoms with E-state index in [0.29, 0.717) is 0 Å². The molecule has 0 atom stereocenters. The highest BCUT2D eigenvalue weighted by atomic mass is 15.1. The average molecular weight is 739 g/mol. The Balaban J connectivity index is 1.65. The first-order chi connectivity index (χ1) is 27.6. The van der Waals surface area contributed by atoms with Crippen LogP contribution in [0.2, 0.25) is 0 Å². The van der Waals surface area contributed by atoms with Gasteiger partial charge in [-0.05, 0) is 96.5 Å². The molecule has 2 heterocycles. The summed E-state index contributed by atoms with van der Waals surface area (Å²) in [6.07, 6.45) is 25.5. The molecule has 0 saturated carbocycles. The number of pyridine rings is 2. The molecule has 2 aromatic heterocycles. The molecule has 56 heavy (non-hydrogen) atoms. The number of anilines is 2. The van der Waals surface area contributed by atoms with Gasteiger partial charge in [-0.3, -0.25) is 9.97 Å². The number of hydrogen-bond donors (Lipinski definition) is 0. The highest BCUT2D eigenvalue weighted by Crippen LogP contribution is 2.28. The second kappa shape index (κ2) is 23.2. The quantitative estimate of drug-likeness (QED) is 0.0662. The zero-order valence-electron chi connectivity index (χ0n) is 34.0. The Kier molecular flexibility index (Phi) is 17.1. The van der Waals surface area contributed by atoms with Crippen molar-refractivity contribution in [2.24, 2.45) is 0 Å². The normalized spacial score (nSPS) is 10.9. The van der Waals surface area contributed by atoms with Crippen LogP contribution >= 0.6 is 0 Å². The molecule has 4 heteroatoms. The number of benzene rings is 3. The van der Waals surface area contributed by atoms with Gasteiger partial charge >= 0.3 is 0 Å². The maximum Gasteiger partial charge on any atom is 0.0439 e. The Labute approximate surface area is 337 Å². The molecule has 0 aliphatic rings. The molecule has 5 rings (SSSR count). The lowest BCUT2D eigenvalue weighted by molar-refractivity contribution is 0.677. The van der Waals surface area contributed by atoms with Crippen LogP contribution in [0.5, 0.6) is 0 Å². The van der Waals surface area contributed by atoms with Crippen molar-refractivity contribution in [1.29, 1.82) is 0 Å². The number of aromatic nitrogens is 2. The molecule has 3 aromatic carbocycles. The highest BCUT2D eigenvalue weighted by molar-refractivity contribution is 5.83. The van der Waals surface area contributed by atoms with Gasteiger partial charge in [0.25, 0.3) is 0 Å². The average Bonchev–Trinajstić information content (AvgIpc) is 3.25. The van der Waals surface area contributed by atoms with Gasteiger partial charge in [-0.1, -0.05) is 138 Å². The molecule has 0 unspecified atom stereocenters. The summed E-state index contributed by atoms with van der Waals surface area (Å²) >= 11 is 0. The molecule has 0 amide bonds. The zero-order chi connectivity index (χ0) is 39.2. The Morgan fingerprint density at radius 3 is 1.12 bits per heavy atom. The van der Waals surface area contributed by atoms with Crippen LogP contribution in [-0.4, -0.2) is 36.1 Å². The number of unbranched alkanes of at least 4 members (excludes halogenated alkanes) is 4. The van der Waals surface area contributed by atoms with E-state index in [2.05, 4.69) is 156 Å². The van der Waals surface area contributed by atoms with Crippen LogP contribution in [0.25, 0.3) is 24.3 Å². The topological polar surface area (TPSA) is 32.3 Å². The van der Waals surface area contributed by atoms with Crippen molar-refractivity contribution in [3.05, 3.63) is 154 Å². The minimum atomic E-state index is 0.926. The van der Waals surface area contributed by atoms with Crippen molar-refractivity contribution in [1.82, 2.24) is 9.97 Å². The first-order valence-electron chi connectivity index (χ1n) is 20.7. The smallest absolute Gasteiger partial charge is 0.0439 e. The molecular formula is C52H58N4. The van der Waals surface area contributed by atoms with Crippen LogP contribution in [0.15, 0.2) is 110 Å². The molecule has 0 fully saturated rings. The van der Waals surface area contributed by atoms with E-state index in [1.54, 1.807) is 24.8 Å². The Morgan fingerprint density at radius 1 is 0.429 bits per heavy atom. The molecule has 0 saturated heterocycles. The van der Waals surface area contributed by atoms with E-state index in [1.807, 2.05) is 24.3 Å². The van der Waals surface area contributed by atoms with Gasteiger partial charge in [0.05, 0.1) is 0 Å². The van der Waals surface area contributed by atoms with E-state index in [4.69, 9.17) is 0 Å². The molecule has 4 nitrogen and oxygen atoms in total. The second-order valence-electron chi connectivity index (χ2n) is 14.2. The maximum absolute atomic E-state index is 4.20. The summed E-state index contributed by atoms with van der Waals surface area (Å²) in [7, 11) is 0. The molecule has 0 N–H and O–H groups in total. The largest absolute Gasteiger partial charge is 0.371 e. The molecule has 0 spiro atoms. The monoisotopic (exact) mass is 738 g/mol. The summed E-state index contributed by atoms with van der Waals surface area (Å²) in [5.41, 5.74) is 10.7. The minimum Gasteiger partial charge on any atom is -0.371 e. The van der Waals surface area contributed by atoms with E-state index in [-0.39, 0.29) is 0 Å². The predicted octanol–water partition coefficient (Wildman–Crippen LogP) is 12.4. The van der Waals surface area contributed by atoms with Gasteiger partial charge < -0.3 is 9.80 Å². The van der Waals surface area contributed by atoms with Crippen LogP contribution in [0.1, 0.15) is 124 Å². The molecule has 0 aliphatic heterocycles. The van der Waals surface area contributed by atoms with Crippen LogP contribution in [0, 0.1) is 23.7 Å². The van der Waals surface area contributed by atoms with E-state index in [9.17, 15) is 0 Å². The summed E-state index contributed by atoms with van der Waals surface area (Å²) in [6, 6.07) is 29.8. The van der Waals surface area contributed by atoms with E-state index in [1.165, 1.54) is 73.9 Å². The van der Waals surface area contributed by atoms with Gasteiger partial charge in [0.15, 0.2) is 0 Å².